The fourth-order valence-corrected chi connectivity index (χ4v) is 9.64. The van der Waals surface area contributed by atoms with Gasteiger partial charge in [0.05, 0.1) is 5.02 Å². The van der Waals surface area contributed by atoms with Crippen LogP contribution in [0.15, 0.2) is 12.1 Å². The Morgan fingerprint density at radius 1 is 1.00 bits per heavy atom. The molecular weight excluding hydrogens is 437 g/mol. The molecule has 1 saturated carbocycles. The molecule has 0 bridgehead atoms. The summed E-state index contributed by atoms with van der Waals surface area (Å²) < 4.78 is 44.3. The number of hydrogen-bond acceptors (Lipinski definition) is 1. The second-order valence-electron chi connectivity index (χ2n) is 9.84. The molecule has 176 valence electrons. The van der Waals surface area contributed by atoms with Crippen molar-refractivity contribution in [3.63, 3.8) is 0 Å². The standard InChI is InChI=1S/C25H38ClF3OSi/c1-2-15-31-16-13-19(14-17-31)6-4-3-5-18-7-9-20(10-8-18)21-11-12-22(26)23(27)24(21)30-25(28)29/h11-12,18-20,25,31H,2-10,13-17H2,1H3/t18-,19?,20-,31?. The van der Waals surface area contributed by atoms with Gasteiger partial charge in [0.15, 0.2) is 11.6 Å². The Morgan fingerprint density at radius 3 is 2.19 bits per heavy atom. The lowest BCUT2D eigenvalue weighted by atomic mass is 9.76. The van der Waals surface area contributed by atoms with Crippen LogP contribution in [0.2, 0.25) is 23.2 Å². The van der Waals surface area contributed by atoms with Crippen LogP contribution < -0.4 is 4.74 Å². The van der Waals surface area contributed by atoms with Crippen LogP contribution in [0.3, 0.4) is 0 Å². The number of benzene rings is 1. The molecule has 0 aromatic heterocycles. The normalized spacial score (nSPS) is 26.9. The summed E-state index contributed by atoms with van der Waals surface area (Å²) >= 11 is 5.78. The molecule has 1 heterocycles. The predicted molar refractivity (Wildman–Crippen MR) is 126 cm³/mol. The number of ether oxygens (including phenoxy) is 1. The highest BCUT2D eigenvalue weighted by atomic mass is 35.5. The first-order valence-corrected chi connectivity index (χ1v) is 15.2. The Morgan fingerprint density at radius 2 is 1.61 bits per heavy atom. The van der Waals surface area contributed by atoms with Crippen LogP contribution in [-0.4, -0.2) is 15.4 Å². The first-order chi connectivity index (χ1) is 15.0. The molecule has 6 heteroatoms. The second kappa shape index (κ2) is 12.5. The summed E-state index contributed by atoms with van der Waals surface area (Å²) in [5.74, 6) is 0.528. The van der Waals surface area contributed by atoms with Crippen LogP contribution in [0.4, 0.5) is 13.2 Å². The van der Waals surface area contributed by atoms with Crippen molar-refractivity contribution in [2.45, 2.75) is 108 Å². The zero-order valence-electron chi connectivity index (χ0n) is 18.9. The SMILES string of the molecule is CCC[SiH]1CCC(CCCC[C@H]2CC[C@H](c3ccc(Cl)c(F)c3OC(F)F)CC2)CC1. The van der Waals surface area contributed by atoms with Gasteiger partial charge in [-0.2, -0.15) is 8.78 Å². The summed E-state index contributed by atoms with van der Waals surface area (Å²) in [5.41, 5.74) is 0.544. The van der Waals surface area contributed by atoms with E-state index in [2.05, 4.69) is 11.7 Å². The molecular formula is C25H38ClF3OSi. The lowest BCUT2D eigenvalue weighted by molar-refractivity contribution is -0.0531. The highest BCUT2D eigenvalue weighted by molar-refractivity contribution is 6.58. The smallest absolute Gasteiger partial charge is 0.387 e. The lowest BCUT2D eigenvalue weighted by Crippen LogP contribution is -2.21. The molecule has 0 spiro atoms. The maximum Gasteiger partial charge on any atom is 0.387 e. The Labute approximate surface area is 192 Å². The van der Waals surface area contributed by atoms with Crippen LogP contribution in [-0.2, 0) is 0 Å². The third kappa shape index (κ3) is 7.41. The van der Waals surface area contributed by atoms with Gasteiger partial charge in [-0.05, 0) is 49.5 Å². The summed E-state index contributed by atoms with van der Waals surface area (Å²) in [7, 11) is -0.361. The van der Waals surface area contributed by atoms with Gasteiger partial charge in [0.2, 0.25) is 0 Å². The molecule has 31 heavy (non-hydrogen) atoms. The van der Waals surface area contributed by atoms with Crippen LogP contribution in [0.5, 0.6) is 5.75 Å². The van der Waals surface area contributed by atoms with Crippen LogP contribution in [0.25, 0.3) is 0 Å². The van der Waals surface area contributed by atoms with Crippen molar-refractivity contribution in [2.24, 2.45) is 11.8 Å². The summed E-state index contributed by atoms with van der Waals surface area (Å²) in [5, 5.41) is -0.172. The fraction of sp³-hybridized carbons (Fsp3) is 0.760. The Bertz CT molecular complexity index is 671. The van der Waals surface area contributed by atoms with E-state index in [4.69, 9.17) is 11.6 Å². The second-order valence-corrected chi connectivity index (χ2v) is 13.7. The average molecular weight is 475 g/mol. The van der Waals surface area contributed by atoms with Crippen molar-refractivity contribution in [2.75, 3.05) is 0 Å². The maximum absolute atomic E-state index is 14.3. The number of rotatable bonds is 10. The van der Waals surface area contributed by atoms with Gasteiger partial charge in [0.25, 0.3) is 0 Å². The molecule has 0 unspecified atom stereocenters. The molecule has 0 amide bonds. The minimum absolute atomic E-state index is 0.0687. The van der Waals surface area contributed by atoms with E-state index in [1.807, 2.05) is 0 Å². The Kier molecular flexibility index (Phi) is 10.1. The Hall–Kier alpha value is -0.683. The molecule has 2 fully saturated rings. The van der Waals surface area contributed by atoms with E-state index in [-0.39, 0.29) is 25.5 Å². The third-order valence-corrected chi connectivity index (χ3v) is 11.7. The highest BCUT2D eigenvalue weighted by Gasteiger charge is 2.28. The Balaban J connectivity index is 1.38. The van der Waals surface area contributed by atoms with E-state index in [1.54, 1.807) is 24.2 Å². The zero-order chi connectivity index (χ0) is 22.2. The molecule has 2 aliphatic rings. The van der Waals surface area contributed by atoms with Crippen molar-refractivity contribution >= 4 is 20.4 Å². The molecule has 1 aliphatic carbocycles. The zero-order valence-corrected chi connectivity index (χ0v) is 20.8. The molecule has 0 N–H and O–H groups in total. The summed E-state index contributed by atoms with van der Waals surface area (Å²) in [4.78, 5) is 0. The van der Waals surface area contributed by atoms with Gasteiger partial charge in [-0.15, -0.1) is 0 Å². The predicted octanol–water partition coefficient (Wildman–Crippen LogP) is 8.96. The molecule has 1 aromatic rings. The van der Waals surface area contributed by atoms with E-state index in [9.17, 15) is 13.2 Å². The molecule has 1 aromatic carbocycles. The van der Waals surface area contributed by atoms with E-state index in [1.165, 1.54) is 51.0 Å². The van der Waals surface area contributed by atoms with Crippen LogP contribution >= 0.6 is 11.6 Å². The third-order valence-electron chi connectivity index (χ3n) is 7.71. The van der Waals surface area contributed by atoms with Gasteiger partial charge >= 0.3 is 6.61 Å². The lowest BCUT2D eigenvalue weighted by Gasteiger charge is -2.30. The van der Waals surface area contributed by atoms with E-state index in [0.29, 0.717) is 11.5 Å². The quantitative estimate of drug-likeness (QED) is 0.243. The van der Waals surface area contributed by atoms with Crippen LogP contribution in [0, 0.1) is 17.7 Å². The summed E-state index contributed by atoms with van der Waals surface area (Å²) in [6.07, 6.45) is 13.6. The average Bonchev–Trinajstić information content (AvgIpc) is 2.76. The first kappa shape index (κ1) is 24.9. The van der Waals surface area contributed by atoms with Crippen molar-refractivity contribution in [3.05, 3.63) is 28.5 Å². The van der Waals surface area contributed by atoms with Gasteiger partial charge in [-0.25, -0.2) is 4.39 Å². The van der Waals surface area contributed by atoms with Gasteiger partial charge in [0, 0.05) is 14.4 Å². The molecule has 1 nitrogen and oxygen atoms in total. The number of hydrogen-bond donors (Lipinski definition) is 0. The number of alkyl halides is 2. The molecule has 0 atom stereocenters. The maximum atomic E-state index is 14.3. The van der Waals surface area contributed by atoms with Gasteiger partial charge < -0.3 is 4.74 Å². The van der Waals surface area contributed by atoms with E-state index >= 15 is 0 Å². The van der Waals surface area contributed by atoms with Gasteiger partial charge in [-0.3, -0.25) is 0 Å². The summed E-state index contributed by atoms with van der Waals surface area (Å²) in [6.45, 7) is -0.719. The van der Waals surface area contributed by atoms with E-state index < -0.39 is 12.4 Å². The number of unbranched alkanes of at least 4 members (excludes halogenated alkanes) is 1. The van der Waals surface area contributed by atoms with Gasteiger partial charge in [-0.1, -0.05) is 87.7 Å². The largest absolute Gasteiger partial charge is 0.431 e. The molecule has 3 rings (SSSR count). The minimum atomic E-state index is -3.05. The van der Waals surface area contributed by atoms with Gasteiger partial charge in [0.1, 0.15) is 0 Å². The fourth-order valence-electron chi connectivity index (χ4n) is 5.92. The van der Waals surface area contributed by atoms with Crippen molar-refractivity contribution in [1.82, 2.24) is 0 Å². The van der Waals surface area contributed by atoms with Crippen molar-refractivity contribution in [3.8, 4) is 5.75 Å². The molecule has 1 saturated heterocycles. The van der Waals surface area contributed by atoms with Crippen LogP contribution in [0.1, 0.15) is 89.0 Å². The minimum Gasteiger partial charge on any atom is -0.431 e. The summed E-state index contributed by atoms with van der Waals surface area (Å²) in [6, 6.07) is 7.81. The van der Waals surface area contributed by atoms with Crippen molar-refractivity contribution < 1.29 is 17.9 Å². The number of halogens is 4. The van der Waals surface area contributed by atoms with E-state index in [0.717, 1.165) is 31.6 Å². The highest BCUT2D eigenvalue weighted by Crippen LogP contribution is 2.43. The van der Waals surface area contributed by atoms with Crippen molar-refractivity contribution in [1.29, 1.82) is 0 Å². The monoisotopic (exact) mass is 474 g/mol. The first-order valence-electron chi connectivity index (χ1n) is 12.4. The topological polar surface area (TPSA) is 9.23 Å². The molecule has 1 aliphatic heterocycles. The molecule has 0 radical (unpaired) electrons.